The molecule has 0 aliphatic carbocycles. The first-order valence-electron chi connectivity index (χ1n) is 6.68. The largest absolute Gasteiger partial charge is 0.342 e. The minimum absolute atomic E-state index is 0.551. The van der Waals surface area contributed by atoms with Crippen LogP contribution in [-0.2, 0) is 6.42 Å². The number of benzene rings is 1. The molecule has 0 spiro atoms. The zero-order chi connectivity index (χ0) is 13.7. The molecule has 0 bridgehead atoms. The summed E-state index contributed by atoms with van der Waals surface area (Å²) >= 11 is 3.44. The van der Waals surface area contributed by atoms with Gasteiger partial charge in [-0.25, -0.2) is 4.98 Å². The number of aromatic amines is 1. The third kappa shape index (κ3) is 4.48. The first-order valence-corrected chi connectivity index (χ1v) is 7.47. The topological polar surface area (TPSA) is 40.7 Å². The molecule has 0 unspecified atom stereocenters. The average molecular weight is 322 g/mol. The van der Waals surface area contributed by atoms with Gasteiger partial charge >= 0.3 is 0 Å². The predicted molar refractivity (Wildman–Crippen MR) is 83.2 cm³/mol. The van der Waals surface area contributed by atoms with Gasteiger partial charge in [-0.1, -0.05) is 41.9 Å². The monoisotopic (exact) mass is 321 g/mol. The first kappa shape index (κ1) is 14.3. The molecule has 0 amide bonds. The van der Waals surface area contributed by atoms with Gasteiger partial charge in [0.05, 0.1) is 11.9 Å². The zero-order valence-corrected chi connectivity index (χ0v) is 13.0. The van der Waals surface area contributed by atoms with Crippen LogP contribution < -0.4 is 5.32 Å². The molecular weight excluding hydrogens is 302 g/mol. The highest BCUT2D eigenvalue weighted by molar-refractivity contribution is 9.10. The van der Waals surface area contributed by atoms with Crippen LogP contribution in [0.1, 0.15) is 26.1 Å². The Morgan fingerprint density at radius 1 is 1.26 bits per heavy atom. The summed E-state index contributed by atoms with van der Waals surface area (Å²) in [7, 11) is 0. The second-order valence-corrected chi connectivity index (χ2v) is 5.88. The molecule has 1 aromatic heterocycles. The summed E-state index contributed by atoms with van der Waals surface area (Å²) in [6.07, 6.45) is 4.00. The van der Waals surface area contributed by atoms with E-state index in [1.54, 1.807) is 0 Å². The van der Waals surface area contributed by atoms with Crippen molar-refractivity contribution in [3.63, 3.8) is 0 Å². The lowest BCUT2D eigenvalue weighted by atomic mass is 10.2. The van der Waals surface area contributed by atoms with Crippen LogP contribution in [0.3, 0.4) is 0 Å². The van der Waals surface area contributed by atoms with E-state index in [1.165, 1.54) is 5.56 Å². The summed E-state index contributed by atoms with van der Waals surface area (Å²) in [5.41, 5.74) is 2.25. The molecule has 0 radical (unpaired) electrons. The predicted octanol–water partition coefficient (Wildman–Crippen LogP) is 3.77. The second kappa shape index (κ2) is 6.87. The summed E-state index contributed by atoms with van der Waals surface area (Å²) in [6.45, 7) is 5.36. The summed E-state index contributed by atoms with van der Waals surface area (Å²) in [4.78, 5) is 7.82. The van der Waals surface area contributed by atoms with Gasteiger partial charge in [0.2, 0.25) is 0 Å². The number of hydrogen-bond acceptors (Lipinski definition) is 2. The maximum absolute atomic E-state index is 4.44. The lowest BCUT2D eigenvalue weighted by molar-refractivity contribution is 0.567. The van der Waals surface area contributed by atoms with Gasteiger partial charge in [-0.3, -0.25) is 0 Å². The third-order valence-electron chi connectivity index (χ3n) is 2.93. The maximum Gasteiger partial charge on any atom is 0.106 e. The number of aromatic nitrogens is 2. The minimum Gasteiger partial charge on any atom is -0.342 e. The van der Waals surface area contributed by atoms with Gasteiger partial charge in [-0.15, -0.1) is 0 Å². The van der Waals surface area contributed by atoms with Crippen molar-refractivity contribution in [3.05, 3.63) is 40.8 Å². The molecule has 2 aromatic rings. The van der Waals surface area contributed by atoms with Gasteiger partial charge in [-0.05, 0) is 30.7 Å². The van der Waals surface area contributed by atoms with Gasteiger partial charge in [-0.2, -0.15) is 0 Å². The molecule has 102 valence electrons. The van der Waals surface area contributed by atoms with Crippen molar-refractivity contribution in [1.82, 2.24) is 15.3 Å². The van der Waals surface area contributed by atoms with Crippen molar-refractivity contribution < 1.29 is 0 Å². The molecule has 4 heteroatoms. The first-order chi connectivity index (χ1) is 9.15. The van der Waals surface area contributed by atoms with Crippen molar-refractivity contribution in [3.8, 4) is 11.3 Å². The van der Waals surface area contributed by atoms with Crippen LogP contribution in [0.2, 0.25) is 0 Å². The Hall–Kier alpha value is -1.13. The van der Waals surface area contributed by atoms with Gasteiger partial charge in [0.1, 0.15) is 5.82 Å². The second-order valence-electron chi connectivity index (χ2n) is 4.96. The fourth-order valence-corrected chi connectivity index (χ4v) is 2.18. The Bertz CT molecular complexity index is 502. The van der Waals surface area contributed by atoms with E-state index in [4.69, 9.17) is 0 Å². The number of imidazole rings is 1. The lowest BCUT2D eigenvalue weighted by Crippen LogP contribution is -2.24. The van der Waals surface area contributed by atoms with Crippen molar-refractivity contribution in [2.24, 2.45) is 0 Å². The van der Waals surface area contributed by atoms with E-state index in [1.807, 2.05) is 18.3 Å². The van der Waals surface area contributed by atoms with E-state index in [2.05, 4.69) is 57.2 Å². The molecule has 19 heavy (non-hydrogen) atoms. The van der Waals surface area contributed by atoms with Crippen LogP contribution in [0, 0.1) is 0 Å². The Balaban J connectivity index is 1.90. The van der Waals surface area contributed by atoms with Crippen LogP contribution in [0.5, 0.6) is 0 Å². The molecule has 2 N–H and O–H groups in total. The molecule has 0 aliphatic rings. The van der Waals surface area contributed by atoms with E-state index >= 15 is 0 Å². The van der Waals surface area contributed by atoms with Crippen LogP contribution in [0.15, 0.2) is 34.9 Å². The van der Waals surface area contributed by atoms with Gasteiger partial charge < -0.3 is 10.3 Å². The molecule has 2 rings (SSSR count). The highest BCUT2D eigenvalue weighted by Crippen LogP contribution is 2.20. The lowest BCUT2D eigenvalue weighted by Gasteiger charge is -2.06. The summed E-state index contributed by atoms with van der Waals surface area (Å²) in [5.74, 6) is 1.06. The van der Waals surface area contributed by atoms with E-state index in [9.17, 15) is 0 Å². The van der Waals surface area contributed by atoms with Crippen molar-refractivity contribution in [1.29, 1.82) is 0 Å². The number of halogens is 1. The van der Waals surface area contributed by atoms with Gasteiger partial charge in [0, 0.05) is 16.9 Å². The van der Waals surface area contributed by atoms with Crippen molar-refractivity contribution in [2.75, 3.05) is 6.54 Å². The molecule has 0 fully saturated rings. The molecule has 0 aliphatic heterocycles. The quantitative estimate of drug-likeness (QED) is 0.795. The number of nitrogens with zero attached hydrogens (tertiary/aromatic N) is 1. The summed E-state index contributed by atoms with van der Waals surface area (Å²) in [5, 5.41) is 3.41. The fourth-order valence-electron chi connectivity index (χ4n) is 1.91. The third-order valence-corrected chi connectivity index (χ3v) is 3.46. The summed E-state index contributed by atoms with van der Waals surface area (Å²) < 4.78 is 1.09. The number of nitrogens with one attached hydrogen (secondary N) is 2. The Kier molecular flexibility index (Phi) is 5.16. The van der Waals surface area contributed by atoms with E-state index in [0.29, 0.717) is 6.04 Å². The number of aryl methyl sites for hydroxylation is 1. The summed E-state index contributed by atoms with van der Waals surface area (Å²) in [6, 6.07) is 8.81. The molecule has 1 heterocycles. The van der Waals surface area contributed by atoms with Gasteiger partial charge in [0.15, 0.2) is 0 Å². The van der Waals surface area contributed by atoms with Crippen LogP contribution in [0.4, 0.5) is 0 Å². The van der Waals surface area contributed by atoms with Crippen molar-refractivity contribution >= 4 is 15.9 Å². The fraction of sp³-hybridized carbons (Fsp3) is 0.400. The van der Waals surface area contributed by atoms with Crippen molar-refractivity contribution in [2.45, 2.75) is 32.7 Å². The van der Waals surface area contributed by atoms with Crippen LogP contribution in [-0.4, -0.2) is 22.6 Å². The Labute approximate surface area is 123 Å². The van der Waals surface area contributed by atoms with E-state index < -0.39 is 0 Å². The molecule has 0 saturated heterocycles. The van der Waals surface area contributed by atoms with E-state index in [0.717, 1.165) is 35.4 Å². The number of rotatable bonds is 6. The highest BCUT2D eigenvalue weighted by atomic mass is 79.9. The Morgan fingerprint density at radius 3 is 2.68 bits per heavy atom. The number of H-pyrrole nitrogens is 1. The smallest absolute Gasteiger partial charge is 0.106 e. The van der Waals surface area contributed by atoms with Crippen LogP contribution in [0.25, 0.3) is 11.3 Å². The SMILES string of the molecule is CC(C)NCCCc1ncc(-c2ccc(Br)cc2)[nH]1. The highest BCUT2D eigenvalue weighted by Gasteiger charge is 2.03. The Morgan fingerprint density at radius 2 is 2.00 bits per heavy atom. The van der Waals surface area contributed by atoms with Gasteiger partial charge in [0.25, 0.3) is 0 Å². The average Bonchev–Trinajstić information content (AvgIpc) is 2.84. The van der Waals surface area contributed by atoms with Crippen LogP contribution >= 0.6 is 15.9 Å². The molecule has 0 saturated carbocycles. The normalized spacial score (nSPS) is 11.2. The standard InChI is InChI=1S/C15H20BrN3/c1-11(2)17-9-3-4-15-18-10-14(19-15)12-5-7-13(16)8-6-12/h5-8,10-11,17H,3-4,9H2,1-2H3,(H,18,19). The van der Waals surface area contributed by atoms with E-state index in [-0.39, 0.29) is 0 Å². The molecule has 3 nitrogen and oxygen atoms in total. The molecule has 0 atom stereocenters. The number of hydrogen-bond donors (Lipinski definition) is 2. The molecular formula is C15H20BrN3. The minimum atomic E-state index is 0.551. The molecule has 1 aromatic carbocycles. The maximum atomic E-state index is 4.44. The zero-order valence-electron chi connectivity index (χ0n) is 11.4.